The number of nitrogens with zero attached hydrogens (tertiary/aromatic N) is 1. The van der Waals surface area contributed by atoms with Gasteiger partial charge in [0.15, 0.2) is 9.84 Å². The average Bonchev–Trinajstić information content (AvgIpc) is 2.88. The summed E-state index contributed by atoms with van der Waals surface area (Å²) in [4.78, 5) is 13.2. The van der Waals surface area contributed by atoms with E-state index in [4.69, 9.17) is 0 Å². The lowest BCUT2D eigenvalue weighted by molar-refractivity contribution is -0.138. The first-order valence-electron chi connectivity index (χ1n) is 6.78. The minimum absolute atomic E-state index is 0.0790. The molecule has 2 rings (SSSR count). The molecule has 0 aliphatic carbocycles. The molecule has 5 nitrogen and oxygen atoms in total. The van der Waals surface area contributed by atoms with Crippen LogP contribution in [0.15, 0.2) is 29.2 Å². The van der Waals surface area contributed by atoms with Gasteiger partial charge in [0, 0.05) is 6.54 Å². The van der Waals surface area contributed by atoms with Crippen molar-refractivity contribution in [1.29, 1.82) is 0 Å². The van der Waals surface area contributed by atoms with E-state index in [2.05, 4.69) is 0 Å². The van der Waals surface area contributed by atoms with Gasteiger partial charge in [-0.25, -0.2) is 13.2 Å². The van der Waals surface area contributed by atoms with Crippen LogP contribution in [0, 0.1) is 0 Å². The van der Waals surface area contributed by atoms with Crippen molar-refractivity contribution in [3.8, 4) is 0 Å². The van der Waals surface area contributed by atoms with Crippen molar-refractivity contribution in [3.63, 3.8) is 0 Å². The van der Waals surface area contributed by atoms with Crippen LogP contribution in [0.1, 0.15) is 26.2 Å². The van der Waals surface area contributed by atoms with Crippen molar-refractivity contribution in [2.75, 3.05) is 17.2 Å². The molecule has 6 heteroatoms. The zero-order chi connectivity index (χ0) is 14.8. The van der Waals surface area contributed by atoms with Crippen molar-refractivity contribution in [2.45, 2.75) is 37.1 Å². The van der Waals surface area contributed by atoms with E-state index >= 15 is 0 Å². The topological polar surface area (TPSA) is 74.7 Å². The van der Waals surface area contributed by atoms with Gasteiger partial charge in [0.05, 0.1) is 16.3 Å². The van der Waals surface area contributed by atoms with Gasteiger partial charge in [-0.2, -0.15) is 0 Å². The van der Waals surface area contributed by atoms with Gasteiger partial charge < -0.3 is 10.0 Å². The molecular formula is C14H19NO4S. The third-order valence-corrected chi connectivity index (χ3v) is 5.48. The number of carbonyl (C=O) groups is 1. The van der Waals surface area contributed by atoms with Gasteiger partial charge in [0.25, 0.3) is 0 Å². The van der Waals surface area contributed by atoms with Gasteiger partial charge in [0.2, 0.25) is 0 Å². The summed E-state index contributed by atoms with van der Waals surface area (Å²) in [6, 6.07) is 6.06. The number of para-hydroxylation sites is 1. The maximum absolute atomic E-state index is 12.3. The Labute approximate surface area is 119 Å². The van der Waals surface area contributed by atoms with E-state index in [1.807, 2.05) is 6.92 Å². The van der Waals surface area contributed by atoms with E-state index in [0.29, 0.717) is 25.1 Å². The minimum atomic E-state index is -3.36. The largest absolute Gasteiger partial charge is 0.480 e. The Balaban J connectivity index is 2.45. The summed E-state index contributed by atoms with van der Waals surface area (Å²) in [6.45, 7) is 2.39. The molecule has 1 aromatic carbocycles. The average molecular weight is 297 g/mol. The quantitative estimate of drug-likeness (QED) is 0.898. The molecule has 1 saturated heterocycles. The van der Waals surface area contributed by atoms with Gasteiger partial charge in [-0.1, -0.05) is 19.1 Å². The number of benzene rings is 1. The van der Waals surface area contributed by atoms with E-state index in [9.17, 15) is 18.3 Å². The lowest BCUT2D eigenvalue weighted by Crippen LogP contribution is -2.36. The van der Waals surface area contributed by atoms with Crippen molar-refractivity contribution in [3.05, 3.63) is 24.3 Å². The molecule has 0 saturated carbocycles. The van der Waals surface area contributed by atoms with E-state index in [1.54, 1.807) is 29.2 Å². The second kappa shape index (κ2) is 5.83. The standard InChI is InChI=1S/C14H19NO4S/c1-2-10-20(18,19)13-8-4-3-6-11(13)15-9-5-7-12(15)14(16)17/h3-4,6,8,12H,2,5,7,9-10H2,1H3,(H,16,17). The van der Waals surface area contributed by atoms with Crippen LogP contribution in [0.25, 0.3) is 0 Å². The Kier molecular flexibility index (Phi) is 4.32. The lowest BCUT2D eigenvalue weighted by atomic mass is 10.2. The molecule has 0 spiro atoms. The number of carboxylic acids is 1. The predicted molar refractivity (Wildman–Crippen MR) is 76.8 cm³/mol. The molecule has 1 aromatic rings. The smallest absolute Gasteiger partial charge is 0.326 e. The van der Waals surface area contributed by atoms with E-state index < -0.39 is 21.8 Å². The van der Waals surface area contributed by atoms with Crippen LogP contribution in [-0.4, -0.2) is 37.8 Å². The molecule has 0 aromatic heterocycles. The number of aliphatic carboxylic acids is 1. The van der Waals surface area contributed by atoms with Gasteiger partial charge >= 0.3 is 5.97 Å². The summed E-state index contributed by atoms with van der Waals surface area (Å²) >= 11 is 0. The number of hydrogen-bond acceptors (Lipinski definition) is 4. The summed E-state index contributed by atoms with van der Waals surface area (Å²) in [5, 5.41) is 9.25. The van der Waals surface area contributed by atoms with E-state index in [1.165, 1.54) is 0 Å². The fourth-order valence-corrected chi connectivity index (χ4v) is 4.20. The zero-order valence-corrected chi connectivity index (χ0v) is 12.3. The molecule has 20 heavy (non-hydrogen) atoms. The van der Waals surface area contributed by atoms with Crippen molar-refractivity contribution in [1.82, 2.24) is 0 Å². The Morgan fingerprint density at radius 3 is 2.75 bits per heavy atom. The normalized spacial score (nSPS) is 19.2. The molecule has 1 atom stereocenters. The van der Waals surface area contributed by atoms with Crippen LogP contribution in [-0.2, 0) is 14.6 Å². The van der Waals surface area contributed by atoms with Crippen LogP contribution in [0.2, 0.25) is 0 Å². The summed E-state index contributed by atoms with van der Waals surface area (Å²) in [5.41, 5.74) is 0.519. The first-order valence-corrected chi connectivity index (χ1v) is 8.44. The number of sulfone groups is 1. The molecule has 1 unspecified atom stereocenters. The van der Waals surface area contributed by atoms with Crippen LogP contribution >= 0.6 is 0 Å². The fourth-order valence-electron chi connectivity index (χ4n) is 2.65. The van der Waals surface area contributed by atoms with Crippen molar-refractivity contribution >= 4 is 21.5 Å². The van der Waals surface area contributed by atoms with Gasteiger partial charge in [-0.15, -0.1) is 0 Å². The molecule has 1 N–H and O–H groups in total. The van der Waals surface area contributed by atoms with Crippen LogP contribution < -0.4 is 4.90 Å². The maximum atomic E-state index is 12.3. The number of carboxylic acid groups (broad SMARTS) is 1. The highest BCUT2D eigenvalue weighted by molar-refractivity contribution is 7.91. The summed E-state index contributed by atoms with van der Waals surface area (Å²) in [5.74, 6) is -0.819. The third-order valence-electron chi connectivity index (χ3n) is 3.52. The van der Waals surface area contributed by atoms with Gasteiger partial charge in [-0.05, 0) is 31.4 Å². The Morgan fingerprint density at radius 2 is 2.10 bits per heavy atom. The highest BCUT2D eigenvalue weighted by Gasteiger charge is 2.33. The molecule has 0 radical (unpaired) electrons. The highest BCUT2D eigenvalue weighted by atomic mass is 32.2. The Morgan fingerprint density at radius 1 is 1.40 bits per heavy atom. The van der Waals surface area contributed by atoms with Crippen LogP contribution in [0.5, 0.6) is 0 Å². The number of hydrogen-bond donors (Lipinski definition) is 1. The number of anilines is 1. The molecule has 1 heterocycles. The first kappa shape index (κ1) is 14.8. The van der Waals surface area contributed by atoms with Crippen molar-refractivity contribution < 1.29 is 18.3 Å². The predicted octanol–water partition coefficient (Wildman–Crippen LogP) is 1.92. The Hall–Kier alpha value is -1.56. The summed E-state index contributed by atoms with van der Waals surface area (Å²) in [6.07, 6.45) is 1.86. The molecule has 0 bridgehead atoms. The van der Waals surface area contributed by atoms with Crippen LogP contribution in [0.3, 0.4) is 0 Å². The molecule has 0 amide bonds. The summed E-state index contributed by atoms with van der Waals surface area (Å²) in [7, 11) is -3.36. The molecule has 1 aliphatic rings. The molecular weight excluding hydrogens is 278 g/mol. The molecule has 1 aliphatic heterocycles. The minimum Gasteiger partial charge on any atom is -0.480 e. The van der Waals surface area contributed by atoms with Crippen molar-refractivity contribution in [2.24, 2.45) is 0 Å². The maximum Gasteiger partial charge on any atom is 0.326 e. The second-order valence-electron chi connectivity index (χ2n) is 4.98. The summed E-state index contributed by atoms with van der Waals surface area (Å²) < 4.78 is 24.6. The van der Waals surface area contributed by atoms with Gasteiger partial charge in [0.1, 0.15) is 6.04 Å². The van der Waals surface area contributed by atoms with E-state index in [-0.39, 0.29) is 10.6 Å². The zero-order valence-electron chi connectivity index (χ0n) is 11.4. The van der Waals surface area contributed by atoms with E-state index in [0.717, 1.165) is 6.42 Å². The number of rotatable bonds is 5. The highest BCUT2D eigenvalue weighted by Crippen LogP contribution is 2.32. The van der Waals surface area contributed by atoms with Gasteiger partial charge in [-0.3, -0.25) is 0 Å². The second-order valence-corrected chi connectivity index (χ2v) is 7.05. The van der Waals surface area contributed by atoms with Crippen LogP contribution in [0.4, 0.5) is 5.69 Å². The monoisotopic (exact) mass is 297 g/mol. The first-order chi connectivity index (χ1) is 9.47. The molecule has 110 valence electrons. The third kappa shape index (κ3) is 2.80. The lowest BCUT2D eigenvalue weighted by Gasteiger charge is -2.25. The Bertz CT molecular complexity index is 597. The fraction of sp³-hybridized carbons (Fsp3) is 0.500. The molecule has 1 fully saturated rings. The SMILES string of the molecule is CCCS(=O)(=O)c1ccccc1N1CCCC1C(=O)O.